The minimum absolute atomic E-state index is 0.154. The quantitative estimate of drug-likeness (QED) is 0.900. The molecule has 0 unspecified atom stereocenters. The Morgan fingerprint density at radius 3 is 2.78 bits per heavy atom. The number of amides is 1. The van der Waals surface area contributed by atoms with Crippen LogP contribution < -0.4 is 5.32 Å². The number of nitrogens with zero attached hydrogens (tertiary/aromatic N) is 1. The molecule has 1 N–H and O–H groups in total. The number of nitrogens with one attached hydrogen (secondary N) is 1. The largest absolute Gasteiger partial charge is 0.320 e. The Bertz CT molecular complexity index is 643. The van der Waals surface area contributed by atoms with E-state index in [0.717, 1.165) is 4.88 Å². The van der Waals surface area contributed by atoms with Crippen molar-refractivity contribution in [2.45, 2.75) is 6.92 Å². The third kappa shape index (κ3) is 2.39. The van der Waals surface area contributed by atoms with E-state index in [4.69, 9.17) is 5.26 Å². The van der Waals surface area contributed by atoms with Gasteiger partial charge in [-0.15, -0.1) is 11.3 Å². The van der Waals surface area contributed by atoms with Gasteiger partial charge in [0.1, 0.15) is 17.4 Å². The summed E-state index contributed by atoms with van der Waals surface area (Å²) in [7, 11) is 0. The molecule has 5 heteroatoms. The van der Waals surface area contributed by atoms with Crippen LogP contribution in [0.1, 0.15) is 20.1 Å². The molecule has 2 aromatic rings. The highest BCUT2D eigenvalue weighted by Crippen LogP contribution is 2.21. The predicted molar refractivity (Wildman–Crippen MR) is 68.1 cm³/mol. The van der Waals surface area contributed by atoms with E-state index in [1.54, 1.807) is 12.1 Å². The van der Waals surface area contributed by atoms with E-state index in [1.807, 2.05) is 13.0 Å². The highest BCUT2D eigenvalue weighted by molar-refractivity contribution is 7.14. The molecule has 1 amide bonds. The van der Waals surface area contributed by atoms with Gasteiger partial charge in [0.2, 0.25) is 0 Å². The summed E-state index contributed by atoms with van der Waals surface area (Å²) < 4.78 is 13.3. The maximum absolute atomic E-state index is 13.3. The smallest absolute Gasteiger partial charge is 0.265 e. The first-order chi connectivity index (χ1) is 8.61. The monoisotopic (exact) mass is 260 g/mol. The lowest BCUT2D eigenvalue weighted by Crippen LogP contribution is -2.11. The summed E-state index contributed by atoms with van der Waals surface area (Å²) in [5.41, 5.74) is 0.0349. The Hall–Kier alpha value is -2.19. The number of carbonyl (C=O) groups is 1. The number of nitriles is 1. The summed E-state index contributed by atoms with van der Waals surface area (Å²) in [5, 5.41) is 11.4. The molecule has 1 heterocycles. The van der Waals surface area contributed by atoms with Gasteiger partial charge in [0, 0.05) is 4.88 Å². The van der Waals surface area contributed by atoms with E-state index >= 15 is 0 Å². The van der Waals surface area contributed by atoms with Crippen LogP contribution in [0, 0.1) is 24.1 Å². The molecule has 0 atom stereocenters. The Morgan fingerprint density at radius 1 is 1.39 bits per heavy atom. The second kappa shape index (κ2) is 4.98. The molecule has 0 aliphatic rings. The third-order valence-corrected chi connectivity index (χ3v) is 3.34. The van der Waals surface area contributed by atoms with Gasteiger partial charge >= 0.3 is 0 Å². The molecule has 18 heavy (non-hydrogen) atoms. The molecule has 0 aliphatic carbocycles. The molecule has 1 aromatic heterocycles. The van der Waals surface area contributed by atoms with Gasteiger partial charge in [0.15, 0.2) is 0 Å². The number of anilines is 1. The topological polar surface area (TPSA) is 52.9 Å². The fraction of sp³-hybridized carbons (Fsp3) is 0.0769. The van der Waals surface area contributed by atoms with Crippen LogP contribution in [0.25, 0.3) is 0 Å². The number of thiophene rings is 1. The van der Waals surface area contributed by atoms with Crippen LogP contribution in [-0.2, 0) is 0 Å². The van der Waals surface area contributed by atoms with Gasteiger partial charge in [-0.2, -0.15) is 5.26 Å². The van der Waals surface area contributed by atoms with Gasteiger partial charge in [0.05, 0.1) is 10.6 Å². The SMILES string of the molecule is Cc1ccc(C(=O)Nc2cccc(F)c2C#N)s1. The van der Waals surface area contributed by atoms with Gasteiger partial charge < -0.3 is 5.32 Å². The van der Waals surface area contributed by atoms with Crippen LogP contribution in [0.15, 0.2) is 30.3 Å². The Labute approximate surface area is 107 Å². The van der Waals surface area contributed by atoms with E-state index in [1.165, 1.54) is 29.5 Å². The number of carbonyl (C=O) groups excluding carboxylic acids is 1. The van der Waals surface area contributed by atoms with E-state index < -0.39 is 5.82 Å². The van der Waals surface area contributed by atoms with Crippen LogP contribution in [0.2, 0.25) is 0 Å². The Balaban J connectivity index is 2.28. The number of hydrogen-bond donors (Lipinski definition) is 1. The maximum atomic E-state index is 13.3. The highest BCUT2D eigenvalue weighted by Gasteiger charge is 2.13. The van der Waals surface area contributed by atoms with Gasteiger partial charge in [-0.05, 0) is 31.2 Å². The van der Waals surface area contributed by atoms with Crippen molar-refractivity contribution >= 4 is 22.9 Å². The zero-order valence-electron chi connectivity index (χ0n) is 9.53. The van der Waals surface area contributed by atoms with Crippen LogP contribution in [0.5, 0.6) is 0 Å². The fourth-order valence-corrected chi connectivity index (χ4v) is 2.25. The maximum Gasteiger partial charge on any atom is 0.265 e. The first-order valence-electron chi connectivity index (χ1n) is 5.18. The Kier molecular flexibility index (Phi) is 3.40. The summed E-state index contributed by atoms with van der Waals surface area (Å²) in [6, 6.07) is 9.40. The number of hydrogen-bond acceptors (Lipinski definition) is 3. The van der Waals surface area contributed by atoms with Crippen molar-refractivity contribution in [3.8, 4) is 6.07 Å². The molecule has 0 bridgehead atoms. The number of halogens is 1. The zero-order chi connectivity index (χ0) is 13.1. The molecule has 0 aliphatic heterocycles. The van der Waals surface area contributed by atoms with E-state index in [2.05, 4.69) is 5.32 Å². The number of aryl methyl sites for hydroxylation is 1. The molecule has 0 saturated heterocycles. The lowest BCUT2D eigenvalue weighted by Gasteiger charge is -2.05. The van der Waals surface area contributed by atoms with Crippen molar-refractivity contribution in [3.63, 3.8) is 0 Å². The van der Waals surface area contributed by atoms with Gasteiger partial charge in [-0.25, -0.2) is 4.39 Å². The molecule has 0 fully saturated rings. The van der Waals surface area contributed by atoms with Gasteiger partial charge in [-0.1, -0.05) is 6.07 Å². The summed E-state index contributed by atoms with van der Waals surface area (Å²) in [5.74, 6) is -0.979. The lowest BCUT2D eigenvalue weighted by atomic mass is 10.2. The van der Waals surface area contributed by atoms with Crippen LogP contribution in [0.4, 0.5) is 10.1 Å². The molecule has 2 rings (SSSR count). The molecule has 90 valence electrons. The van der Waals surface area contributed by atoms with Crippen molar-refractivity contribution < 1.29 is 9.18 Å². The predicted octanol–water partition coefficient (Wildman–Crippen LogP) is 3.32. The van der Waals surface area contributed by atoms with Crippen molar-refractivity contribution in [2.24, 2.45) is 0 Å². The van der Waals surface area contributed by atoms with Crippen molar-refractivity contribution in [3.05, 3.63) is 51.5 Å². The standard InChI is InChI=1S/C13H9FN2OS/c1-8-5-6-12(18-8)13(17)16-11-4-2-3-10(14)9(11)7-15/h2-6H,1H3,(H,16,17). The normalized spacial score (nSPS) is 9.83. The van der Waals surface area contributed by atoms with Gasteiger partial charge in [0.25, 0.3) is 5.91 Å². The summed E-state index contributed by atoms with van der Waals surface area (Å²) in [4.78, 5) is 13.4. The van der Waals surface area contributed by atoms with E-state index in [9.17, 15) is 9.18 Å². The van der Waals surface area contributed by atoms with Crippen LogP contribution in [0.3, 0.4) is 0 Å². The van der Waals surface area contributed by atoms with Crippen LogP contribution >= 0.6 is 11.3 Å². The summed E-state index contributed by atoms with van der Waals surface area (Å²) in [6.07, 6.45) is 0. The minimum Gasteiger partial charge on any atom is -0.320 e. The second-order valence-electron chi connectivity index (χ2n) is 3.64. The molecule has 0 radical (unpaired) electrons. The van der Waals surface area contributed by atoms with Crippen LogP contribution in [-0.4, -0.2) is 5.91 Å². The average molecular weight is 260 g/mol. The minimum atomic E-state index is -0.641. The number of rotatable bonds is 2. The van der Waals surface area contributed by atoms with E-state index in [0.29, 0.717) is 4.88 Å². The molecular formula is C13H9FN2OS. The number of benzene rings is 1. The first kappa shape index (κ1) is 12.3. The first-order valence-corrected chi connectivity index (χ1v) is 6.00. The average Bonchev–Trinajstić information content (AvgIpc) is 2.76. The third-order valence-electron chi connectivity index (χ3n) is 2.34. The fourth-order valence-electron chi connectivity index (χ4n) is 1.48. The second-order valence-corrected chi connectivity index (χ2v) is 4.93. The van der Waals surface area contributed by atoms with Gasteiger partial charge in [-0.3, -0.25) is 4.79 Å². The molecule has 0 saturated carbocycles. The highest BCUT2D eigenvalue weighted by atomic mass is 32.1. The molecular weight excluding hydrogens is 251 g/mol. The van der Waals surface area contributed by atoms with Crippen molar-refractivity contribution in [1.82, 2.24) is 0 Å². The lowest BCUT2D eigenvalue weighted by molar-refractivity contribution is 0.103. The zero-order valence-corrected chi connectivity index (χ0v) is 10.3. The Morgan fingerprint density at radius 2 is 2.17 bits per heavy atom. The molecule has 3 nitrogen and oxygen atoms in total. The summed E-state index contributed by atoms with van der Waals surface area (Å²) in [6.45, 7) is 1.89. The van der Waals surface area contributed by atoms with E-state index in [-0.39, 0.29) is 17.2 Å². The van der Waals surface area contributed by atoms with Crippen molar-refractivity contribution in [1.29, 1.82) is 5.26 Å². The molecule has 0 spiro atoms. The molecule has 1 aromatic carbocycles. The van der Waals surface area contributed by atoms with Crippen molar-refractivity contribution in [2.75, 3.05) is 5.32 Å². The summed E-state index contributed by atoms with van der Waals surface area (Å²) >= 11 is 1.34.